The van der Waals surface area contributed by atoms with Gasteiger partial charge in [-0.1, -0.05) is 23.5 Å². The highest BCUT2D eigenvalue weighted by Gasteiger charge is 2.29. The van der Waals surface area contributed by atoms with Crippen LogP contribution in [-0.2, 0) is 30.9 Å². The summed E-state index contributed by atoms with van der Waals surface area (Å²) in [4.78, 5) is 29.4. The summed E-state index contributed by atoms with van der Waals surface area (Å²) in [5, 5.41) is 0. The van der Waals surface area contributed by atoms with Crippen molar-refractivity contribution >= 4 is 43.5 Å². The molecule has 0 saturated carbocycles. The van der Waals surface area contributed by atoms with Crippen LogP contribution in [0.3, 0.4) is 0 Å². The lowest BCUT2D eigenvalue weighted by Crippen LogP contribution is -2.39. The maximum Gasteiger partial charge on any atom is 0.326 e. The van der Waals surface area contributed by atoms with E-state index >= 15 is 0 Å². The minimum absolute atomic E-state index is 0.0174. The molecular weight excluding hydrogens is 402 g/mol. The molecule has 0 bridgehead atoms. The van der Waals surface area contributed by atoms with Crippen LogP contribution < -0.4 is 4.80 Å². The Labute approximate surface area is 167 Å². The number of benzene rings is 1. The number of para-hydroxylation sites is 1. The molecule has 152 valence electrons. The zero-order valence-corrected chi connectivity index (χ0v) is 17.5. The predicted molar refractivity (Wildman–Crippen MR) is 106 cm³/mol. The van der Waals surface area contributed by atoms with Crippen molar-refractivity contribution in [1.29, 1.82) is 0 Å². The molecule has 1 fully saturated rings. The van der Waals surface area contributed by atoms with Gasteiger partial charge in [-0.25, -0.2) is 12.7 Å². The third-order valence-corrected chi connectivity index (χ3v) is 7.02. The number of nitrogens with zero attached hydrogens (tertiary/aromatic N) is 3. The molecule has 1 aliphatic rings. The first kappa shape index (κ1) is 20.7. The average Bonchev–Trinajstić information content (AvgIpc) is 2.98. The van der Waals surface area contributed by atoms with E-state index in [0.717, 1.165) is 10.2 Å². The maximum atomic E-state index is 12.7. The maximum absolute atomic E-state index is 12.7. The number of sulfonamides is 1. The van der Waals surface area contributed by atoms with Crippen molar-refractivity contribution in [3.05, 3.63) is 29.1 Å². The molecule has 8 nitrogen and oxygen atoms in total. The first-order valence-corrected chi connectivity index (χ1v) is 11.7. The van der Waals surface area contributed by atoms with Gasteiger partial charge in [0.1, 0.15) is 6.54 Å². The first-order chi connectivity index (χ1) is 13.3. The van der Waals surface area contributed by atoms with E-state index in [0.29, 0.717) is 30.7 Å². The quantitative estimate of drug-likeness (QED) is 0.674. The molecule has 3 rings (SSSR count). The van der Waals surface area contributed by atoms with Crippen LogP contribution in [0.4, 0.5) is 0 Å². The molecular formula is C18H23N3O5S2. The van der Waals surface area contributed by atoms with Crippen LogP contribution in [-0.4, -0.2) is 55.1 Å². The molecule has 0 atom stereocenters. The Balaban J connectivity index is 1.87. The summed E-state index contributed by atoms with van der Waals surface area (Å²) in [5.41, 5.74) is 0.819. The largest absolute Gasteiger partial charge is 0.465 e. The molecule has 2 heterocycles. The van der Waals surface area contributed by atoms with E-state index in [2.05, 4.69) is 4.99 Å². The summed E-state index contributed by atoms with van der Waals surface area (Å²) >= 11 is 1.34. The van der Waals surface area contributed by atoms with E-state index in [4.69, 9.17) is 4.74 Å². The van der Waals surface area contributed by atoms with Crippen LogP contribution in [0.25, 0.3) is 10.2 Å². The summed E-state index contributed by atoms with van der Waals surface area (Å²) in [6.45, 7) is 2.65. The highest BCUT2D eigenvalue weighted by atomic mass is 32.2. The molecule has 0 aliphatic carbocycles. The number of hydrogen-bond acceptors (Lipinski definition) is 6. The molecule has 0 radical (unpaired) electrons. The minimum atomic E-state index is -3.24. The van der Waals surface area contributed by atoms with Crippen molar-refractivity contribution in [3.8, 4) is 0 Å². The van der Waals surface area contributed by atoms with Gasteiger partial charge in [0, 0.05) is 19.0 Å². The molecule has 28 heavy (non-hydrogen) atoms. The number of fused-ring (bicyclic) bond motifs is 1. The number of ether oxygens (including phenoxy) is 1. The molecule has 2 aromatic rings. The average molecular weight is 426 g/mol. The molecule has 10 heteroatoms. The van der Waals surface area contributed by atoms with Crippen LogP contribution in [0, 0.1) is 5.92 Å². The lowest BCUT2D eigenvalue weighted by atomic mass is 9.98. The summed E-state index contributed by atoms with van der Waals surface area (Å²) in [5.74, 6) is -0.988. The highest BCUT2D eigenvalue weighted by Crippen LogP contribution is 2.21. The van der Waals surface area contributed by atoms with Crippen molar-refractivity contribution in [2.24, 2.45) is 10.9 Å². The molecule has 1 aromatic heterocycles. The summed E-state index contributed by atoms with van der Waals surface area (Å²) < 4.78 is 32.3. The molecule has 0 N–H and O–H groups in total. The molecule has 1 aromatic carbocycles. The molecule has 0 unspecified atom stereocenters. The Bertz CT molecular complexity index is 1050. The van der Waals surface area contributed by atoms with E-state index in [-0.39, 0.29) is 30.9 Å². The van der Waals surface area contributed by atoms with Crippen LogP contribution in [0.15, 0.2) is 29.3 Å². The lowest BCUT2D eigenvalue weighted by Gasteiger charge is -2.28. The topological polar surface area (TPSA) is 98.0 Å². The highest BCUT2D eigenvalue weighted by molar-refractivity contribution is 7.88. The van der Waals surface area contributed by atoms with Gasteiger partial charge in [0.25, 0.3) is 5.91 Å². The van der Waals surface area contributed by atoms with Crippen LogP contribution in [0.5, 0.6) is 0 Å². The van der Waals surface area contributed by atoms with Gasteiger partial charge in [0.15, 0.2) is 4.80 Å². The number of aromatic nitrogens is 1. The normalized spacial score (nSPS) is 17.1. The summed E-state index contributed by atoms with van der Waals surface area (Å²) in [7, 11) is -3.24. The van der Waals surface area contributed by atoms with Gasteiger partial charge in [-0.2, -0.15) is 4.99 Å². The fourth-order valence-corrected chi connectivity index (χ4v) is 5.12. The third-order valence-electron chi connectivity index (χ3n) is 4.66. The predicted octanol–water partition coefficient (Wildman–Crippen LogP) is 1.36. The van der Waals surface area contributed by atoms with Gasteiger partial charge in [0.2, 0.25) is 10.0 Å². The number of esters is 1. The smallest absolute Gasteiger partial charge is 0.326 e. The monoisotopic (exact) mass is 425 g/mol. The summed E-state index contributed by atoms with van der Waals surface area (Å²) in [6, 6.07) is 7.54. The number of carbonyl (C=O) groups is 2. The van der Waals surface area contributed by atoms with Gasteiger partial charge < -0.3 is 9.30 Å². The molecule has 1 aliphatic heterocycles. The van der Waals surface area contributed by atoms with Crippen molar-refractivity contribution in [2.75, 3.05) is 26.0 Å². The molecule has 1 amide bonds. The van der Waals surface area contributed by atoms with Crippen LogP contribution >= 0.6 is 11.3 Å². The second kappa shape index (κ2) is 8.54. The van der Waals surface area contributed by atoms with E-state index in [9.17, 15) is 18.0 Å². The molecule has 1 saturated heterocycles. The SMILES string of the molecule is CCOC(=O)Cn1c(=NC(=O)C2CCN(S(C)(=O)=O)CC2)sc2ccccc21. The Morgan fingerprint density at radius 3 is 2.57 bits per heavy atom. The van der Waals surface area contributed by atoms with Crippen molar-refractivity contribution in [3.63, 3.8) is 0 Å². The van der Waals surface area contributed by atoms with Crippen molar-refractivity contribution < 1.29 is 22.7 Å². The van der Waals surface area contributed by atoms with Crippen molar-refractivity contribution in [1.82, 2.24) is 8.87 Å². The van der Waals surface area contributed by atoms with Gasteiger partial charge in [-0.3, -0.25) is 9.59 Å². The Morgan fingerprint density at radius 1 is 1.25 bits per heavy atom. The molecule has 0 spiro atoms. The number of carbonyl (C=O) groups excluding carboxylic acids is 2. The lowest BCUT2D eigenvalue weighted by molar-refractivity contribution is -0.143. The fourth-order valence-electron chi connectivity index (χ4n) is 3.21. The zero-order chi connectivity index (χ0) is 20.3. The van der Waals surface area contributed by atoms with E-state index < -0.39 is 10.0 Å². The second-order valence-corrected chi connectivity index (χ2v) is 9.62. The van der Waals surface area contributed by atoms with E-state index in [1.54, 1.807) is 11.5 Å². The Kier molecular flexibility index (Phi) is 6.31. The van der Waals surface area contributed by atoms with Gasteiger partial charge in [0.05, 0.1) is 23.1 Å². The Hall–Kier alpha value is -2.04. The standard InChI is InChI=1S/C18H23N3O5S2/c1-3-26-16(22)12-21-14-6-4-5-7-15(14)27-18(21)19-17(23)13-8-10-20(11-9-13)28(2,24)25/h4-7,13H,3,8-12H2,1-2H3. The second-order valence-electron chi connectivity index (χ2n) is 6.63. The third kappa shape index (κ3) is 4.68. The Morgan fingerprint density at radius 2 is 1.93 bits per heavy atom. The van der Waals surface area contributed by atoms with E-state index in [1.165, 1.54) is 21.9 Å². The number of rotatable bonds is 5. The minimum Gasteiger partial charge on any atom is -0.465 e. The van der Waals surface area contributed by atoms with Gasteiger partial charge in [-0.15, -0.1) is 0 Å². The van der Waals surface area contributed by atoms with Gasteiger partial charge >= 0.3 is 5.97 Å². The van der Waals surface area contributed by atoms with Crippen molar-refractivity contribution in [2.45, 2.75) is 26.3 Å². The van der Waals surface area contributed by atoms with E-state index in [1.807, 2.05) is 24.3 Å². The first-order valence-electron chi connectivity index (χ1n) is 9.07. The zero-order valence-electron chi connectivity index (χ0n) is 15.8. The van der Waals surface area contributed by atoms with Crippen LogP contribution in [0.1, 0.15) is 19.8 Å². The number of amides is 1. The van der Waals surface area contributed by atoms with Crippen LogP contribution in [0.2, 0.25) is 0 Å². The number of thiazole rings is 1. The van der Waals surface area contributed by atoms with Gasteiger partial charge in [-0.05, 0) is 31.9 Å². The number of hydrogen-bond donors (Lipinski definition) is 0. The fraction of sp³-hybridized carbons (Fsp3) is 0.500. The summed E-state index contributed by atoms with van der Waals surface area (Å²) in [6.07, 6.45) is 2.06. The number of piperidine rings is 1.